The summed E-state index contributed by atoms with van der Waals surface area (Å²) >= 11 is 0. The highest BCUT2D eigenvalue weighted by Gasteiger charge is 2.32. The standard InChI is InChI=1S/C9H19N3/c1-11-5-3-8-9(7-11)12(2)6-4-10-8/h8-10H,3-7H2,1-2H3. The second-order valence-corrected chi connectivity index (χ2v) is 4.16. The Labute approximate surface area is 74.7 Å². The molecule has 0 aromatic carbocycles. The lowest BCUT2D eigenvalue weighted by Crippen LogP contribution is -2.63. The van der Waals surface area contributed by atoms with Crippen molar-refractivity contribution < 1.29 is 0 Å². The van der Waals surface area contributed by atoms with Gasteiger partial charge in [-0.15, -0.1) is 0 Å². The molecule has 2 rings (SSSR count). The number of hydrogen-bond acceptors (Lipinski definition) is 3. The molecular formula is C9H19N3. The average molecular weight is 169 g/mol. The van der Waals surface area contributed by atoms with Crippen LogP contribution in [-0.4, -0.2) is 62.2 Å². The zero-order chi connectivity index (χ0) is 8.55. The number of likely N-dealkylation sites (N-methyl/N-ethyl adjacent to an activating group) is 2. The third kappa shape index (κ3) is 1.49. The highest BCUT2D eigenvalue weighted by molar-refractivity contribution is 4.93. The molecule has 0 spiro atoms. The van der Waals surface area contributed by atoms with Gasteiger partial charge in [-0.25, -0.2) is 0 Å². The third-order valence-corrected chi connectivity index (χ3v) is 3.22. The van der Waals surface area contributed by atoms with Crippen LogP contribution in [-0.2, 0) is 0 Å². The molecule has 2 unspecified atom stereocenters. The van der Waals surface area contributed by atoms with Gasteiger partial charge in [0, 0.05) is 31.7 Å². The Bertz CT molecular complexity index is 160. The molecular weight excluding hydrogens is 150 g/mol. The predicted molar refractivity (Wildman–Crippen MR) is 50.3 cm³/mol. The van der Waals surface area contributed by atoms with E-state index >= 15 is 0 Å². The van der Waals surface area contributed by atoms with Gasteiger partial charge in [-0.1, -0.05) is 0 Å². The second-order valence-electron chi connectivity index (χ2n) is 4.16. The fourth-order valence-electron chi connectivity index (χ4n) is 2.37. The van der Waals surface area contributed by atoms with Crippen LogP contribution < -0.4 is 5.32 Å². The Morgan fingerprint density at radius 3 is 2.92 bits per heavy atom. The molecule has 2 saturated heterocycles. The number of nitrogens with zero attached hydrogens (tertiary/aromatic N) is 2. The van der Waals surface area contributed by atoms with Crippen LogP contribution in [0.2, 0.25) is 0 Å². The fraction of sp³-hybridized carbons (Fsp3) is 1.00. The molecule has 0 aromatic rings. The van der Waals surface area contributed by atoms with Crippen molar-refractivity contribution in [2.75, 3.05) is 40.3 Å². The van der Waals surface area contributed by atoms with Gasteiger partial charge in [-0.05, 0) is 27.1 Å². The molecule has 2 fully saturated rings. The largest absolute Gasteiger partial charge is 0.311 e. The minimum Gasteiger partial charge on any atom is -0.311 e. The maximum absolute atomic E-state index is 3.60. The Hall–Kier alpha value is -0.120. The van der Waals surface area contributed by atoms with Crippen molar-refractivity contribution in [3.05, 3.63) is 0 Å². The van der Waals surface area contributed by atoms with Gasteiger partial charge < -0.3 is 10.2 Å². The van der Waals surface area contributed by atoms with Gasteiger partial charge in [0.25, 0.3) is 0 Å². The van der Waals surface area contributed by atoms with Crippen molar-refractivity contribution in [3.8, 4) is 0 Å². The van der Waals surface area contributed by atoms with Crippen LogP contribution in [0, 0.1) is 0 Å². The topological polar surface area (TPSA) is 18.5 Å². The summed E-state index contributed by atoms with van der Waals surface area (Å²) < 4.78 is 0. The van der Waals surface area contributed by atoms with E-state index < -0.39 is 0 Å². The molecule has 0 amide bonds. The quantitative estimate of drug-likeness (QED) is 0.532. The summed E-state index contributed by atoms with van der Waals surface area (Å²) in [6, 6.07) is 1.50. The first-order chi connectivity index (χ1) is 5.77. The number of piperazine rings is 1. The van der Waals surface area contributed by atoms with E-state index in [1.807, 2.05) is 0 Å². The van der Waals surface area contributed by atoms with Crippen molar-refractivity contribution in [1.82, 2.24) is 15.1 Å². The minimum absolute atomic E-state index is 0.748. The summed E-state index contributed by atoms with van der Waals surface area (Å²) in [5, 5.41) is 3.60. The highest BCUT2D eigenvalue weighted by Crippen LogP contribution is 2.16. The zero-order valence-corrected chi connectivity index (χ0v) is 8.08. The van der Waals surface area contributed by atoms with E-state index in [9.17, 15) is 0 Å². The lowest BCUT2D eigenvalue weighted by molar-refractivity contribution is 0.0737. The molecule has 3 heteroatoms. The average Bonchev–Trinajstić information content (AvgIpc) is 2.07. The van der Waals surface area contributed by atoms with Crippen molar-refractivity contribution >= 4 is 0 Å². The van der Waals surface area contributed by atoms with Gasteiger partial charge >= 0.3 is 0 Å². The maximum atomic E-state index is 3.60. The summed E-state index contributed by atoms with van der Waals surface area (Å²) in [7, 11) is 4.47. The van der Waals surface area contributed by atoms with Crippen LogP contribution in [0.15, 0.2) is 0 Å². The van der Waals surface area contributed by atoms with E-state index in [1.54, 1.807) is 0 Å². The van der Waals surface area contributed by atoms with Crippen molar-refractivity contribution in [3.63, 3.8) is 0 Å². The smallest absolute Gasteiger partial charge is 0.0374 e. The molecule has 2 atom stereocenters. The number of nitrogens with one attached hydrogen (secondary N) is 1. The zero-order valence-electron chi connectivity index (χ0n) is 8.08. The fourth-order valence-corrected chi connectivity index (χ4v) is 2.37. The molecule has 0 aromatic heterocycles. The molecule has 0 bridgehead atoms. The Balaban J connectivity index is 2.00. The predicted octanol–water partition coefficient (Wildman–Crippen LogP) is -0.406. The van der Waals surface area contributed by atoms with Crippen LogP contribution in [0.4, 0.5) is 0 Å². The monoisotopic (exact) mass is 169 g/mol. The molecule has 0 radical (unpaired) electrons. The van der Waals surface area contributed by atoms with Gasteiger partial charge in [0.15, 0.2) is 0 Å². The van der Waals surface area contributed by atoms with Crippen LogP contribution in [0.3, 0.4) is 0 Å². The van der Waals surface area contributed by atoms with Gasteiger partial charge in [-0.3, -0.25) is 4.90 Å². The highest BCUT2D eigenvalue weighted by atomic mass is 15.3. The van der Waals surface area contributed by atoms with Crippen LogP contribution in [0.5, 0.6) is 0 Å². The second kappa shape index (κ2) is 3.32. The van der Waals surface area contributed by atoms with E-state index in [-0.39, 0.29) is 0 Å². The summed E-state index contributed by atoms with van der Waals surface area (Å²) in [6.45, 7) is 4.85. The van der Waals surface area contributed by atoms with E-state index in [0.717, 1.165) is 12.1 Å². The first-order valence-corrected chi connectivity index (χ1v) is 4.89. The normalized spacial score (nSPS) is 39.5. The van der Waals surface area contributed by atoms with E-state index in [2.05, 4.69) is 29.2 Å². The minimum atomic E-state index is 0.748. The van der Waals surface area contributed by atoms with E-state index in [4.69, 9.17) is 0 Å². The Morgan fingerprint density at radius 2 is 2.08 bits per heavy atom. The first-order valence-electron chi connectivity index (χ1n) is 4.89. The summed E-state index contributed by atoms with van der Waals surface area (Å²) in [4.78, 5) is 4.93. The Kier molecular flexibility index (Phi) is 2.35. The number of rotatable bonds is 0. The van der Waals surface area contributed by atoms with Gasteiger partial charge in [0.2, 0.25) is 0 Å². The molecule has 2 heterocycles. The Morgan fingerprint density at radius 1 is 1.25 bits per heavy atom. The molecule has 1 N–H and O–H groups in total. The summed E-state index contributed by atoms with van der Waals surface area (Å²) in [5.41, 5.74) is 0. The van der Waals surface area contributed by atoms with Crippen molar-refractivity contribution in [2.24, 2.45) is 0 Å². The summed E-state index contributed by atoms with van der Waals surface area (Å²) in [6.07, 6.45) is 1.31. The van der Waals surface area contributed by atoms with Crippen molar-refractivity contribution in [2.45, 2.75) is 18.5 Å². The third-order valence-electron chi connectivity index (χ3n) is 3.22. The molecule has 2 aliphatic heterocycles. The van der Waals surface area contributed by atoms with Crippen LogP contribution in [0.1, 0.15) is 6.42 Å². The summed E-state index contributed by atoms with van der Waals surface area (Å²) in [5.74, 6) is 0. The van der Waals surface area contributed by atoms with E-state index in [1.165, 1.54) is 32.6 Å². The molecule has 0 aliphatic carbocycles. The number of likely N-dealkylation sites (tertiary alicyclic amines) is 1. The lowest BCUT2D eigenvalue weighted by Gasteiger charge is -2.45. The molecule has 70 valence electrons. The SMILES string of the molecule is CN1CCC2NCCN(C)C2C1. The molecule has 3 nitrogen and oxygen atoms in total. The molecule has 2 aliphatic rings. The number of fused-ring (bicyclic) bond motifs is 1. The first kappa shape index (κ1) is 8.48. The van der Waals surface area contributed by atoms with Gasteiger partial charge in [0.05, 0.1) is 0 Å². The number of hydrogen-bond donors (Lipinski definition) is 1. The van der Waals surface area contributed by atoms with Crippen LogP contribution >= 0.6 is 0 Å². The maximum Gasteiger partial charge on any atom is 0.0374 e. The molecule has 12 heavy (non-hydrogen) atoms. The van der Waals surface area contributed by atoms with Gasteiger partial charge in [-0.2, -0.15) is 0 Å². The van der Waals surface area contributed by atoms with Gasteiger partial charge in [0.1, 0.15) is 0 Å². The van der Waals surface area contributed by atoms with Crippen molar-refractivity contribution in [1.29, 1.82) is 0 Å². The number of piperidine rings is 1. The van der Waals surface area contributed by atoms with Crippen LogP contribution in [0.25, 0.3) is 0 Å². The van der Waals surface area contributed by atoms with E-state index in [0.29, 0.717) is 0 Å². The molecule has 0 saturated carbocycles. The lowest BCUT2D eigenvalue weighted by atomic mass is 9.96.